The highest BCUT2D eigenvalue weighted by atomic mass is 19.4. The van der Waals surface area contributed by atoms with Crippen molar-refractivity contribution in [3.05, 3.63) is 59.7 Å². The first-order valence-electron chi connectivity index (χ1n) is 9.46. The molecule has 1 aliphatic carbocycles. The zero-order valence-electron chi connectivity index (χ0n) is 16.4. The number of hydrogen-bond acceptors (Lipinski definition) is 5. The third-order valence-corrected chi connectivity index (χ3v) is 4.95. The highest BCUT2D eigenvalue weighted by Gasteiger charge is 2.46. The Morgan fingerprint density at radius 2 is 1.53 bits per heavy atom. The fourth-order valence-electron chi connectivity index (χ4n) is 3.44. The molecule has 4 N–H and O–H groups in total. The molecule has 2 aromatic rings. The Morgan fingerprint density at radius 1 is 1.00 bits per heavy atom. The summed E-state index contributed by atoms with van der Waals surface area (Å²) in [5, 5.41) is 20.7. The van der Waals surface area contributed by atoms with E-state index in [-0.39, 0.29) is 6.61 Å². The fraction of sp³-hybridized carbons (Fsp3) is 0.286. The molecule has 32 heavy (non-hydrogen) atoms. The highest BCUT2D eigenvalue weighted by Crippen LogP contribution is 2.44. The van der Waals surface area contributed by atoms with Crippen molar-refractivity contribution in [1.29, 1.82) is 0 Å². The van der Waals surface area contributed by atoms with Crippen LogP contribution in [-0.2, 0) is 14.3 Å². The summed E-state index contributed by atoms with van der Waals surface area (Å²) in [6.45, 7) is -1.23. The van der Waals surface area contributed by atoms with Crippen molar-refractivity contribution in [3.63, 3.8) is 0 Å². The number of carbonyl (C=O) groups is 3. The van der Waals surface area contributed by atoms with Crippen LogP contribution in [0.5, 0.6) is 0 Å². The molecule has 3 rings (SSSR count). The largest absolute Gasteiger partial charge is 0.479 e. The lowest BCUT2D eigenvalue weighted by Gasteiger charge is -2.22. The van der Waals surface area contributed by atoms with E-state index in [9.17, 15) is 27.6 Å². The van der Waals surface area contributed by atoms with Crippen LogP contribution in [-0.4, -0.2) is 59.7 Å². The lowest BCUT2D eigenvalue weighted by atomic mass is 9.98. The van der Waals surface area contributed by atoms with E-state index in [1.165, 1.54) is 5.32 Å². The van der Waals surface area contributed by atoms with E-state index in [1.807, 2.05) is 36.4 Å². The minimum Gasteiger partial charge on any atom is -0.479 e. The van der Waals surface area contributed by atoms with Crippen molar-refractivity contribution in [2.75, 3.05) is 13.2 Å². The summed E-state index contributed by atoms with van der Waals surface area (Å²) >= 11 is 0. The van der Waals surface area contributed by atoms with E-state index in [1.54, 1.807) is 17.4 Å². The number of aliphatic hydroxyl groups excluding tert-OH is 1. The Bertz CT molecular complexity index is 981. The highest BCUT2D eigenvalue weighted by molar-refractivity contribution is 5.87. The summed E-state index contributed by atoms with van der Waals surface area (Å²) in [5.74, 6) is -3.85. The Hall–Kier alpha value is -3.60. The van der Waals surface area contributed by atoms with E-state index in [4.69, 9.17) is 14.9 Å². The van der Waals surface area contributed by atoms with Crippen molar-refractivity contribution in [1.82, 2.24) is 10.6 Å². The number of amides is 2. The Balaban J connectivity index is 1.66. The van der Waals surface area contributed by atoms with Crippen LogP contribution >= 0.6 is 0 Å². The van der Waals surface area contributed by atoms with Crippen LogP contribution in [0.3, 0.4) is 0 Å². The molecule has 0 bridgehead atoms. The maximum atomic E-state index is 13.2. The molecule has 0 radical (unpaired) electrons. The molecule has 0 aliphatic heterocycles. The van der Waals surface area contributed by atoms with E-state index >= 15 is 0 Å². The molecule has 11 heteroatoms. The van der Waals surface area contributed by atoms with Crippen LogP contribution in [0.15, 0.2) is 48.5 Å². The number of alkyl carbamates (subject to hydrolysis) is 1. The van der Waals surface area contributed by atoms with Gasteiger partial charge in [0, 0.05) is 5.92 Å². The first kappa shape index (κ1) is 23.1. The minimum atomic E-state index is -5.18. The number of halogens is 3. The summed E-state index contributed by atoms with van der Waals surface area (Å²) in [4.78, 5) is 34.4. The summed E-state index contributed by atoms with van der Waals surface area (Å²) in [7, 11) is 0. The fourth-order valence-corrected chi connectivity index (χ4v) is 3.44. The number of carbonyl (C=O) groups excluding carboxylic acids is 2. The summed E-state index contributed by atoms with van der Waals surface area (Å²) in [5.41, 5.74) is 3.58. The number of carboxylic acids is 1. The Kier molecular flexibility index (Phi) is 6.68. The molecule has 2 unspecified atom stereocenters. The standard InChI is InChI=1S/C21H19F3N2O6/c22-21(23,24)17(18(28)25-9-16(27)19(29)30)26-20(31)32-10-15-13-7-3-1-5-11(13)12-6-2-4-8-14(12)15/h1-8,15-17,27H,9-10H2,(H,25,28)(H,26,31)(H,29,30). The van der Waals surface area contributed by atoms with E-state index in [2.05, 4.69) is 0 Å². The predicted molar refractivity (Wildman–Crippen MR) is 105 cm³/mol. The predicted octanol–water partition coefficient (Wildman–Crippen LogP) is 2.02. The first-order chi connectivity index (χ1) is 15.1. The molecule has 0 spiro atoms. The van der Waals surface area contributed by atoms with Crippen molar-refractivity contribution in [3.8, 4) is 11.1 Å². The molecular formula is C21H19F3N2O6. The number of nitrogens with one attached hydrogen (secondary N) is 2. The summed E-state index contributed by atoms with van der Waals surface area (Å²) in [6, 6.07) is 11.8. The Labute approximate surface area is 180 Å². The van der Waals surface area contributed by atoms with Crippen molar-refractivity contribution in [2.24, 2.45) is 0 Å². The van der Waals surface area contributed by atoms with Gasteiger partial charge in [0.25, 0.3) is 5.91 Å². The number of aliphatic hydroxyl groups is 1. The zero-order chi connectivity index (χ0) is 23.5. The minimum absolute atomic E-state index is 0.260. The molecule has 0 saturated carbocycles. The molecular weight excluding hydrogens is 433 g/mol. The van der Waals surface area contributed by atoms with Gasteiger partial charge >= 0.3 is 18.2 Å². The lowest BCUT2D eigenvalue weighted by molar-refractivity contribution is -0.167. The molecule has 170 valence electrons. The number of carboxylic acid groups (broad SMARTS) is 1. The summed E-state index contributed by atoms with van der Waals surface area (Å²) < 4.78 is 44.7. The molecule has 2 aromatic carbocycles. The second-order valence-corrected chi connectivity index (χ2v) is 7.04. The maximum Gasteiger partial charge on any atom is 0.417 e. The van der Waals surface area contributed by atoms with Crippen molar-refractivity contribution in [2.45, 2.75) is 24.2 Å². The number of alkyl halides is 3. The van der Waals surface area contributed by atoms with Gasteiger partial charge < -0.3 is 25.6 Å². The SMILES string of the molecule is O=C(NC(C(=O)NCC(O)C(=O)O)C(F)(F)F)OCC1c2ccccc2-c2ccccc21. The lowest BCUT2D eigenvalue weighted by Crippen LogP contribution is -2.56. The van der Waals surface area contributed by atoms with Crippen LogP contribution in [0.25, 0.3) is 11.1 Å². The molecule has 1 aliphatic rings. The average molecular weight is 452 g/mol. The van der Waals surface area contributed by atoms with Gasteiger partial charge in [0.15, 0.2) is 6.10 Å². The summed E-state index contributed by atoms with van der Waals surface area (Å²) in [6.07, 6.45) is -8.74. The molecule has 0 heterocycles. The van der Waals surface area contributed by atoms with Crippen LogP contribution in [0.2, 0.25) is 0 Å². The molecule has 0 aromatic heterocycles. The second kappa shape index (κ2) is 9.27. The van der Waals surface area contributed by atoms with E-state index in [0.29, 0.717) is 0 Å². The van der Waals surface area contributed by atoms with Crippen LogP contribution < -0.4 is 10.6 Å². The normalized spacial score (nSPS) is 14.6. The third-order valence-electron chi connectivity index (χ3n) is 4.95. The zero-order valence-corrected chi connectivity index (χ0v) is 16.4. The van der Waals surface area contributed by atoms with Crippen LogP contribution in [0.1, 0.15) is 17.0 Å². The van der Waals surface area contributed by atoms with Gasteiger partial charge in [-0.25, -0.2) is 9.59 Å². The topological polar surface area (TPSA) is 125 Å². The number of rotatable bonds is 7. The maximum absolute atomic E-state index is 13.2. The van der Waals surface area contributed by atoms with Gasteiger partial charge in [-0.3, -0.25) is 4.79 Å². The van der Waals surface area contributed by atoms with Gasteiger partial charge in [0.05, 0.1) is 6.54 Å². The van der Waals surface area contributed by atoms with E-state index < -0.39 is 48.8 Å². The molecule has 2 atom stereocenters. The molecule has 0 fully saturated rings. The number of fused-ring (bicyclic) bond motifs is 3. The first-order valence-corrected chi connectivity index (χ1v) is 9.46. The number of aliphatic carboxylic acids is 1. The van der Waals surface area contributed by atoms with Crippen molar-refractivity contribution < 1.29 is 42.5 Å². The van der Waals surface area contributed by atoms with Gasteiger partial charge in [0.2, 0.25) is 6.04 Å². The third kappa shape index (κ3) is 4.99. The monoisotopic (exact) mass is 452 g/mol. The Morgan fingerprint density at radius 3 is 2.03 bits per heavy atom. The quantitative estimate of drug-likeness (QED) is 0.510. The number of ether oxygens (including phenoxy) is 1. The molecule has 8 nitrogen and oxygen atoms in total. The van der Waals surface area contributed by atoms with Gasteiger partial charge in [-0.15, -0.1) is 0 Å². The number of hydrogen-bond donors (Lipinski definition) is 4. The molecule has 2 amide bonds. The van der Waals surface area contributed by atoms with E-state index in [0.717, 1.165) is 22.3 Å². The van der Waals surface area contributed by atoms with Gasteiger partial charge in [-0.2, -0.15) is 13.2 Å². The van der Waals surface area contributed by atoms with Crippen molar-refractivity contribution >= 4 is 18.0 Å². The van der Waals surface area contributed by atoms with Gasteiger partial charge in [-0.1, -0.05) is 48.5 Å². The number of benzene rings is 2. The van der Waals surface area contributed by atoms with Gasteiger partial charge in [-0.05, 0) is 22.3 Å². The second-order valence-electron chi connectivity index (χ2n) is 7.04. The van der Waals surface area contributed by atoms with Crippen LogP contribution in [0.4, 0.5) is 18.0 Å². The van der Waals surface area contributed by atoms with Crippen LogP contribution in [0, 0.1) is 0 Å². The van der Waals surface area contributed by atoms with Gasteiger partial charge in [0.1, 0.15) is 6.61 Å². The molecule has 0 saturated heterocycles. The smallest absolute Gasteiger partial charge is 0.417 e. The average Bonchev–Trinajstić information content (AvgIpc) is 3.07.